The fraction of sp³-hybridized carbons (Fsp3) is 0.238. The molecule has 9 nitrogen and oxygen atoms in total. The standard InChI is InChI=1S/C21H20ClN3O6/c1-30-16-9-13(8-15(22)20(16)31-11-17(23)26)21(29)24-14-4-2-12(3-5-14)10-25-18(27)6-7-19(25)28/h2-5,8-9H,6-7,10-11H2,1H3,(H2,23,26)(H,24,29). The van der Waals surface area contributed by atoms with Gasteiger partial charge in [-0.05, 0) is 29.8 Å². The number of hydrogen-bond acceptors (Lipinski definition) is 6. The number of primary amides is 1. The van der Waals surface area contributed by atoms with Gasteiger partial charge >= 0.3 is 0 Å². The van der Waals surface area contributed by atoms with Gasteiger partial charge in [0, 0.05) is 24.1 Å². The molecular weight excluding hydrogens is 426 g/mol. The normalized spacial score (nSPS) is 13.3. The van der Waals surface area contributed by atoms with Gasteiger partial charge in [0.15, 0.2) is 18.1 Å². The van der Waals surface area contributed by atoms with Gasteiger partial charge < -0.3 is 20.5 Å². The van der Waals surface area contributed by atoms with Crippen molar-refractivity contribution in [3.05, 3.63) is 52.5 Å². The van der Waals surface area contributed by atoms with E-state index in [1.54, 1.807) is 24.3 Å². The molecule has 31 heavy (non-hydrogen) atoms. The molecule has 0 aliphatic carbocycles. The molecule has 1 fully saturated rings. The second kappa shape index (κ2) is 9.48. The first-order chi connectivity index (χ1) is 14.8. The summed E-state index contributed by atoms with van der Waals surface area (Å²) in [5, 5.41) is 2.81. The third kappa shape index (κ3) is 5.32. The minimum Gasteiger partial charge on any atom is -0.493 e. The van der Waals surface area contributed by atoms with E-state index < -0.39 is 11.8 Å². The minimum absolute atomic E-state index is 0.0843. The van der Waals surface area contributed by atoms with E-state index in [1.807, 2.05) is 0 Å². The quantitative estimate of drug-likeness (QED) is 0.599. The van der Waals surface area contributed by atoms with Crippen LogP contribution in [0.1, 0.15) is 28.8 Å². The van der Waals surface area contributed by atoms with Crippen LogP contribution in [0.25, 0.3) is 0 Å². The molecule has 1 heterocycles. The van der Waals surface area contributed by atoms with Crippen molar-refractivity contribution < 1.29 is 28.7 Å². The molecule has 0 atom stereocenters. The summed E-state index contributed by atoms with van der Waals surface area (Å²) in [7, 11) is 1.37. The molecule has 0 aromatic heterocycles. The van der Waals surface area contributed by atoms with Crippen LogP contribution in [0.4, 0.5) is 5.69 Å². The number of likely N-dealkylation sites (tertiary alicyclic amines) is 1. The number of methoxy groups -OCH3 is 1. The Hall–Kier alpha value is -3.59. The Morgan fingerprint density at radius 2 is 1.77 bits per heavy atom. The Morgan fingerprint density at radius 1 is 1.13 bits per heavy atom. The number of carbonyl (C=O) groups excluding carboxylic acids is 4. The average molecular weight is 446 g/mol. The van der Waals surface area contributed by atoms with E-state index in [4.69, 9.17) is 26.8 Å². The SMILES string of the molecule is COc1cc(C(=O)Nc2ccc(CN3C(=O)CCC3=O)cc2)cc(Cl)c1OCC(N)=O. The molecule has 162 valence electrons. The van der Waals surface area contributed by atoms with Crippen molar-refractivity contribution in [3.63, 3.8) is 0 Å². The number of nitrogens with zero attached hydrogens (tertiary/aromatic N) is 1. The maximum absolute atomic E-state index is 12.6. The highest BCUT2D eigenvalue weighted by Gasteiger charge is 2.28. The summed E-state index contributed by atoms with van der Waals surface area (Å²) < 4.78 is 10.4. The fourth-order valence-corrected chi connectivity index (χ4v) is 3.28. The number of nitrogens with two attached hydrogens (primary N) is 1. The van der Waals surface area contributed by atoms with Crippen molar-refractivity contribution in [2.45, 2.75) is 19.4 Å². The number of imide groups is 1. The number of hydrogen-bond donors (Lipinski definition) is 2. The minimum atomic E-state index is -0.679. The lowest BCUT2D eigenvalue weighted by atomic mass is 10.1. The van der Waals surface area contributed by atoms with Crippen molar-refractivity contribution in [1.82, 2.24) is 4.90 Å². The Bertz CT molecular complexity index is 1020. The topological polar surface area (TPSA) is 128 Å². The van der Waals surface area contributed by atoms with Gasteiger partial charge in [-0.3, -0.25) is 24.1 Å². The van der Waals surface area contributed by atoms with Gasteiger partial charge in [-0.15, -0.1) is 0 Å². The molecule has 3 rings (SSSR count). The van der Waals surface area contributed by atoms with E-state index >= 15 is 0 Å². The lowest BCUT2D eigenvalue weighted by Crippen LogP contribution is -2.28. The highest BCUT2D eigenvalue weighted by Crippen LogP contribution is 2.36. The molecule has 1 aliphatic heterocycles. The van der Waals surface area contributed by atoms with E-state index in [-0.39, 0.29) is 59.9 Å². The predicted octanol–water partition coefficient (Wildman–Crippen LogP) is 2.11. The monoisotopic (exact) mass is 445 g/mol. The van der Waals surface area contributed by atoms with Gasteiger partial charge in [0.1, 0.15) is 0 Å². The molecule has 4 amide bonds. The Balaban J connectivity index is 1.69. The van der Waals surface area contributed by atoms with Crippen LogP contribution in [-0.2, 0) is 20.9 Å². The first-order valence-corrected chi connectivity index (χ1v) is 9.68. The van der Waals surface area contributed by atoms with Crippen LogP contribution in [0.3, 0.4) is 0 Å². The summed E-state index contributed by atoms with van der Waals surface area (Å²) in [6.07, 6.45) is 0.483. The Kier molecular flexibility index (Phi) is 6.76. The van der Waals surface area contributed by atoms with Crippen LogP contribution >= 0.6 is 11.6 Å². The number of halogens is 1. The lowest BCUT2D eigenvalue weighted by molar-refractivity contribution is -0.139. The predicted molar refractivity (Wildman–Crippen MR) is 112 cm³/mol. The maximum atomic E-state index is 12.6. The third-order valence-corrected chi connectivity index (χ3v) is 4.84. The van der Waals surface area contributed by atoms with Crippen molar-refractivity contribution in [1.29, 1.82) is 0 Å². The van der Waals surface area contributed by atoms with Crippen LogP contribution in [0.15, 0.2) is 36.4 Å². The molecule has 0 saturated carbocycles. The van der Waals surface area contributed by atoms with Crippen molar-refractivity contribution >= 4 is 40.9 Å². The number of ether oxygens (including phenoxy) is 2. The molecular formula is C21H20ClN3O6. The summed E-state index contributed by atoms with van der Waals surface area (Å²) in [6.45, 7) is -0.186. The van der Waals surface area contributed by atoms with Crippen molar-refractivity contribution in [3.8, 4) is 11.5 Å². The molecule has 2 aromatic carbocycles. The van der Waals surface area contributed by atoms with Crippen LogP contribution in [0.5, 0.6) is 11.5 Å². The Labute approximate surface area is 183 Å². The molecule has 10 heteroatoms. The zero-order chi connectivity index (χ0) is 22.5. The van der Waals surface area contributed by atoms with Gasteiger partial charge in [0.2, 0.25) is 11.8 Å². The first-order valence-electron chi connectivity index (χ1n) is 9.30. The lowest BCUT2D eigenvalue weighted by Gasteiger charge is -2.15. The van der Waals surface area contributed by atoms with E-state index in [0.717, 1.165) is 5.56 Å². The molecule has 0 bridgehead atoms. The number of benzene rings is 2. The van der Waals surface area contributed by atoms with Gasteiger partial charge in [-0.2, -0.15) is 0 Å². The van der Waals surface area contributed by atoms with Gasteiger partial charge in [-0.25, -0.2) is 0 Å². The van der Waals surface area contributed by atoms with E-state index in [0.29, 0.717) is 5.69 Å². The highest BCUT2D eigenvalue weighted by molar-refractivity contribution is 6.32. The molecule has 0 unspecified atom stereocenters. The van der Waals surface area contributed by atoms with E-state index in [9.17, 15) is 19.2 Å². The molecule has 3 N–H and O–H groups in total. The summed E-state index contributed by atoms with van der Waals surface area (Å²) in [6, 6.07) is 9.60. The maximum Gasteiger partial charge on any atom is 0.255 e. The van der Waals surface area contributed by atoms with Crippen LogP contribution < -0.4 is 20.5 Å². The number of rotatable bonds is 8. The molecule has 1 aliphatic rings. The summed E-state index contributed by atoms with van der Waals surface area (Å²) in [5.41, 5.74) is 6.56. The zero-order valence-electron chi connectivity index (χ0n) is 16.6. The molecule has 2 aromatic rings. The number of anilines is 1. The summed E-state index contributed by atoms with van der Waals surface area (Å²) >= 11 is 6.17. The average Bonchev–Trinajstić information content (AvgIpc) is 3.05. The fourth-order valence-electron chi connectivity index (χ4n) is 3.01. The first kappa shape index (κ1) is 22.1. The zero-order valence-corrected chi connectivity index (χ0v) is 17.4. The molecule has 0 radical (unpaired) electrons. The smallest absolute Gasteiger partial charge is 0.255 e. The molecule has 0 spiro atoms. The summed E-state index contributed by atoms with van der Waals surface area (Å²) in [5.74, 6) is -1.21. The largest absolute Gasteiger partial charge is 0.493 e. The van der Waals surface area contributed by atoms with Crippen LogP contribution in [0, 0.1) is 0 Å². The number of nitrogens with one attached hydrogen (secondary N) is 1. The van der Waals surface area contributed by atoms with Gasteiger partial charge in [0.05, 0.1) is 18.7 Å². The highest BCUT2D eigenvalue weighted by atomic mass is 35.5. The number of carbonyl (C=O) groups is 4. The van der Waals surface area contributed by atoms with Crippen molar-refractivity contribution in [2.75, 3.05) is 19.0 Å². The van der Waals surface area contributed by atoms with Gasteiger partial charge in [-0.1, -0.05) is 23.7 Å². The van der Waals surface area contributed by atoms with Crippen LogP contribution in [0.2, 0.25) is 5.02 Å². The van der Waals surface area contributed by atoms with E-state index in [1.165, 1.54) is 24.1 Å². The molecule has 1 saturated heterocycles. The summed E-state index contributed by atoms with van der Waals surface area (Å²) in [4.78, 5) is 48.2. The second-order valence-electron chi connectivity index (χ2n) is 6.77. The van der Waals surface area contributed by atoms with Gasteiger partial charge in [0.25, 0.3) is 11.8 Å². The van der Waals surface area contributed by atoms with E-state index in [2.05, 4.69) is 5.32 Å². The second-order valence-corrected chi connectivity index (χ2v) is 7.18. The number of amides is 4. The van der Waals surface area contributed by atoms with Crippen LogP contribution in [-0.4, -0.2) is 42.2 Å². The third-order valence-electron chi connectivity index (χ3n) is 4.56. The van der Waals surface area contributed by atoms with Crippen molar-refractivity contribution in [2.24, 2.45) is 5.73 Å². The Morgan fingerprint density at radius 3 is 2.35 bits per heavy atom.